The SMILES string of the molecule is Cc1ccc(O[C@@H]2CCN(C(=O)c3cc4ccccc4o3)C2)nn1. The van der Waals surface area contributed by atoms with E-state index in [9.17, 15) is 4.79 Å². The van der Waals surface area contributed by atoms with Gasteiger partial charge in [0.05, 0.1) is 12.2 Å². The van der Waals surface area contributed by atoms with Crippen LogP contribution in [-0.2, 0) is 0 Å². The highest BCUT2D eigenvalue weighted by molar-refractivity contribution is 5.96. The third kappa shape index (κ3) is 2.82. The minimum absolute atomic E-state index is 0.0738. The third-order valence-electron chi connectivity index (χ3n) is 4.13. The zero-order chi connectivity index (χ0) is 16.5. The molecule has 0 aliphatic carbocycles. The number of benzene rings is 1. The maximum absolute atomic E-state index is 12.6. The van der Waals surface area contributed by atoms with Crippen molar-refractivity contribution < 1.29 is 13.9 Å². The molecule has 1 aliphatic rings. The van der Waals surface area contributed by atoms with Crippen molar-refractivity contribution in [2.24, 2.45) is 0 Å². The Labute approximate surface area is 139 Å². The molecule has 1 atom stereocenters. The monoisotopic (exact) mass is 323 g/mol. The van der Waals surface area contributed by atoms with Crippen LogP contribution in [0.15, 0.2) is 46.9 Å². The van der Waals surface area contributed by atoms with E-state index < -0.39 is 0 Å². The normalized spacial score (nSPS) is 17.4. The topological polar surface area (TPSA) is 68.5 Å². The number of amides is 1. The molecule has 1 aliphatic heterocycles. The smallest absolute Gasteiger partial charge is 0.289 e. The van der Waals surface area contributed by atoms with Crippen molar-refractivity contribution in [1.29, 1.82) is 0 Å². The number of likely N-dealkylation sites (tertiary alicyclic amines) is 1. The molecule has 1 fully saturated rings. The van der Waals surface area contributed by atoms with Crippen LogP contribution >= 0.6 is 0 Å². The summed E-state index contributed by atoms with van der Waals surface area (Å²) in [5.74, 6) is 0.753. The summed E-state index contributed by atoms with van der Waals surface area (Å²) < 4.78 is 11.5. The third-order valence-corrected chi connectivity index (χ3v) is 4.13. The number of aryl methyl sites for hydroxylation is 1. The van der Waals surface area contributed by atoms with E-state index in [-0.39, 0.29) is 12.0 Å². The lowest BCUT2D eigenvalue weighted by molar-refractivity contribution is 0.0742. The van der Waals surface area contributed by atoms with Crippen LogP contribution in [-0.4, -0.2) is 40.2 Å². The minimum Gasteiger partial charge on any atom is -0.471 e. The van der Waals surface area contributed by atoms with Crippen molar-refractivity contribution in [3.8, 4) is 5.88 Å². The largest absolute Gasteiger partial charge is 0.471 e. The van der Waals surface area contributed by atoms with E-state index in [4.69, 9.17) is 9.15 Å². The molecular formula is C18H17N3O3. The number of hydrogen-bond acceptors (Lipinski definition) is 5. The fourth-order valence-electron chi connectivity index (χ4n) is 2.87. The number of carbonyl (C=O) groups excluding carboxylic acids is 1. The molecule has 1 saturated heterocycles. The number of para-hydroxylation sites is 1. The second-order valence-corrected chi connectivity index (χ2v) is 5.94. The molecule has 2 aromatic heterocycles. The lowest BCUT2D eigenvalue weighted by atomic mass is 10.2. The predicted octanol–water partition coefficient (Wildman–Crippen LogP) is 2.82. The first-order valence-corrected chi connectivity index (χ1v) is 7.94. The number of nitrogens with zero attached hydrogens (tertiary/aromatic N) is 3. The number of fused-ring (bicyclic) bond motifs is 1. The molecule has 6 nitrogen and oxygen atoms in total. The number of rotatable bonds is 3. The summed E-state index contributed by atoms with van der Waals surface area (Å²) in [7, 11) is 0. The zero-order valence-electron chi connectivity index (χ0n) is 13.3. The first-order valence-electron chi connectivity index (χ1n) is 7.94. The zero-order valence-corrected chi connectivity index (χ0v) is 13.3. The number of furan rings is 1. The predicted molar refractivity (Wildman–Crippen MR) is 87.9 cm³/mol. The average molecular weight is 323 g/mol. The molecular weight excluding hydrogens is 306 g/mol. The molecule has 4 rings (SSSR count). The summed E-state index contributed by atoms with van der Waals surface area (Å²) in [6.45, 7) is 3.03. The standard InChI is InChI=1S/C18H17N3O3/c1-12-6-7-17(20-19-12)23-14-8-9-21(11-14)18(22)16-10-13-4-2-3-5-15(13)24-16/h2-7,10,14H,8-9,11H2,1H3/t14-/m1/s1. The van der Waals surface area contributed by atoms with Gasteiger partial charge in [-0.15, -0.1) is 5.10 Å². The van der Waals surface area contributed by atoms with Gasteiger partial charge in [0, 0.05) is 24.4 Å². The Bertz CT molecular complexity index is 840. The first-order chi connectivity index (χ1) is 11.7. The molecule has 0 radical (unpaired) electrons. The second kappa shape index (κ2) is 5.96. The van der Waals surface area contributed by atoms with E-state index in [0.717, 1.165) is 23.1 Å². The van der Waals surface area contributed by atoms with Gasteiger partial charge >= 0.3 is 0 Å². The van der Waals surface area contributed by atoms with Gasteiger partial charge in [-0.25, -0.2) is 0 Å². The molecule has 3 aromatic rings. The van der Waals surface area contributed by atoms with Gasteiger partial charge in [0.2, 0.25) is 5.88 Å². The highest BCUT2D eigenvalue weighted by Crippen LogP contribution is 2.23. The molecule has 1 amide bonds. The van der Waals surface area contributed by atoms with Gasteiger partial charge in [-0.3, -0.25) is 4.79 Å². The van der Waals surface area contributed by atoms with Gasteiger partial charge in [0.1, 0.15) is 11.7 Å². The lowest BCUT2D eigenvalue weighted by Gasteiger charge is -2.15. The highest BCUT2D eigenvalue weighted by Gasteiger charge is 2.30. The van der Waals surface area contributed by atoms with E-state index in [1.54, 1.807) is 17.0 Å². The van der Waals surface area contributed by atoms with Crippen molar-refractivity contribution in [2.45, 2.75) is 19.4 Å². The first kappa shape index (κ1) is 14.7. The quantitative estimate of drug-likeness (QED) is 0.741. The summed E-state index contributed by atoms with van der Waals surface area (Å²) in [5, 5.41) is 8.91. The Hall–Kier alpha value is -2.89. The van der Waals surface area contributed by atoms with Crippen LogP contribution in [0.4, 0.5) is 0 Å². The Balaban J connectivity index is 1.44. The van der Waals surface area contributed by atoms with Crippen molar-refractivity contribution in [3.05, 3.63) is 53.9 Å². The van der Waals surface area contributed by atoms with Crippen molar-refractivity contribution in [2.75, 3.05) is 13.1 Å². The average Bonchev–Trinajstić information content (AvgIpc) is 3.23. The molecule has 1 aromatic carbocycles. The molecule has 3 heterocycles. The van der Waals surface area contributed by atoms with Crippen LogP contribution in [0.25, 0.3) is 11.0 Å². The second-order valence-electron chi connectivity index (χ2n) is 5.94. The van der Waals surface area contributed by atoms with E-state index in [1.165, 1.54) is 0 Å². The molecule has 0 bridgehead atoms. The fraction of sp³-hybridized carbons (Fsp3) is 0.278. The van der Waals surface area contributed by atoms with Gasteiger partial charge in [0.25, 0.3) is 5.91 Å². The van der Waals surface area contributed by atoms with Gasteiger partial charge in [0.15, 0.2) is 5.76 Å². The molecule has 0 saturated carbocycles. The number of ether oxygens (including phenoxy) is 1. The molecule has 6 heteroatoms. The van der Waals surface area contributed by atoms with Gasteiger partial charge in [-0.1, -0.05) is 18.2 Å². The maximum Gasteiger partial charge on any atom is 0.289 e. The Kier molecular flexibility index (Phi) is 3.65. The van der Waals surface area contributed by atoms with E-state index in [0.29, 0.717) is 24.7 Å². The maximum atomic E-state index is 12.6. The highest BCUT2D eigenvalue weighted by atomic mass is 16.5. The summed E-state index contributed by atoms with van der Waals surface area (Å²) in [6, 6.07) is 13.1. The summed E-state index contributed by atoms with van der Waals surface area (Å²) in [4.78, 5) is 14.4. The van der Waals surface area contributed by atoms with Gasteiger partial charge < -0.3 is 14.1 Å². The summed E-state index contributed by atoms with van der Waals surface area (Å²) >= 11 is 0. The van der Waals surface area contributed by atoms with Crippen LogP contribution in [0.2, 0.25) is 0 Å². The van der Waals surface area contributed by atoms with E-state index >= 15 is 0 Å². The van der Waals surface area contributed by atoms with E-state index in [2.05, 4.69) is 10.2 Å². The minimum atomic E-state index is -0.104. The summed E-state index contributed by atoms with van der Waals surface area (Å²) in [6.07, 6.45) is 0.692. The van der Waals surface area contributed by atoms with Crippen LogP contribution in [0.3, 0.4) is 0 Å². The van der Waals surface area contributed by atoms with Crippen molar-refractivity contribution in [1.82, 2.24) is 15.1 Å². The van der Waals surface area contributed by atoms with Crippen LogP contribution in [0.1, 0.15) is 22.7 Å². The van der Waals surface area contributed by atoms with Gasteiger partial charge in [-0.2, -0.15) is 5.10 Å². The number of hydrogen-bond donors (Lipinski definition) is 0. The van der Waals surface area contributed by atoms with Crippen molar-refractivity contribution in [3.63, 3.8) is 0 Å². The lowest BCUT2D eigenvalue weighted by Crippen LogP contribution is -2.30. The van der Waals surface area contributed by atoms with Crippen LogP contribution < -0.4 is 4.74 Å². The summed E-state index contributed by atoms with van der Waals surface area (Å²) in [5.41, 5.74) is 1.57. The Morgan fingerprint density at radius 3 is 2.92 bits per heavy atom. The van der Waals surface area contributed by atoms with Crippen LogP contribution in [0, 0.1) is 6.92 Å². The van der Waals surface area contributed by atoms with Crippen LogP contribution in [0.5, 0.6) is 5.88 Å². The molecule has 0 spiro atoms. The molecule has 0 N–H and O–H groups in total. The van der Waals surface area contributed by atoms with E-state index in [1.807, 2.05) is 37.3 Å². The fourth-order valence-corrected chi connectivity index (χ4v) is 2.87. The van der Waals surface area contributed by atoms with Crippen molar-refractivity contribution >= 4 is 16.9 Å². The molecule has 122 valence electrons. The number of carbonyl (C=O) groups is 1. The Morgan fingerprint density at radius 1 is 1.25 bits per heavy atom. The molecule has 24 heavy (non-hydrogen) atoms. The van der Waals surface area contributed by atoms with Gasteiger partial charge in [-0.05, 0) is 25.1 Å². The molecule has 0 unspecified atom stereocenters. The number of aromatic nitrogens is 2. The Morgan fingerprint density at radius 2 is 2.12 bits per heavy atom.